The van der Waals surface area contributed by atoms with E-state index in [-0.39, 0.29) is 17.6 Å². The van der Waals surface area contributed by atoms with Gasteiger partial charge in [0.05, 0.1) is 11.1 Å². The number of anilines is 1. The fourth-order valence-electron chi connectivity index (χ4n) is 2.59. The van der Waals surface area contributed by atoms with Gasteiger partial charge in [-0.05, 0) is 76.2 Å². The standard InChI is InChI=1S/C21H19BrN2O3S/c1-2-26-16-10-8-15(9-11-16)23-21(28)24-19(25)13-27-18-12-7-14-5-3-4-6-17(14)20(18)22/h3-12H,2,13H2,1H3,(H2,23,24,25,28). The lowest BCUT2D eigenvalue weighted by Crippen LogP contribution is -2.37. The zero-order valence-electron chi connectivity index (χ0n) is 15.2. The maximum atomic E-state index is 12.1. The maximum absolute atomic E-state index is 12.1. The van der Waals surface area contributed by atoms with Gasteiger partial charge in [-0.3, -0.25) is 10.1 Å². The van der Waals surface area contributed by atoms with Gasteiger partial charge >= 0.3 is 0 Å². The number of ether oxygens (including phenoxy) is 2. The number of nitrogens with one attached hydrogen (secondary N) is 2. The number of hydrogen-bond acceptors (Lipinski definition) is 4. The molecule has 2 N–H and O–H groups in total. The number of fused-ring (bicyclic) bond motifs is 1. The molecule has 0 saturated heterocycles. The second-order valence-electron chi connectivity index (χ2n) is 5.85. The molecule has 0 unspecified atom stereocenters. The van der Waals surface area contributed by atoms with Crippen LogP contribution in [0, 0.1) is 0 Å². The predicted molar refractivity (Wildman–Crippen MR) is 119 cm³/mol. The van der Waals surface area contributed by atoms with Gasteiger partial charge in [-0.25, -0.2) is 0 Å². The molecule has 1 amide bonds. The lowest BCUT2D eigenvalue weighted by atomic mass is 10.1. The lowest BCUT2D eigenvalue weighted by Gasteiger charge is -2.12. The Bertz CT molecular complexity index is 993. The van der Waals surface area contributed by atoms with Crippen LogP contribution >= 0.6 is 28.1 Å². The molecule has 0 aliphatic rings. The minimum Gasteiger partial charge on any atom is -0.494 e. The number of hydrogen-bond donors (Lipinski definition) is 2. The number of rotatable bonds is 6. The summed E-state index contributed by atoms with van der Waals surface area (Å²) < 4.78 is 11.8. The van der Waals surface area contributed by atoms with Crippen molar-refractivity contribution in [3.05, 3.63) is 65.1 Å². The van der Waals surface area contributed by atoms with E-state index in [0.717, 1.165) is 26.7 Å². The van der Waals surface area contributed by atoms with Gasteiger partial charge in [0.15, 0.2) is 11.7 Å². The molecule has 0 spiro atoms. The van der Waals surface area contributed by atoms with Crippen LogP contribution < -0.4 is 20.1 Å². The zero-order chi connectivity index (χ0) is 19.9. The van der Waals surface area contributed by atoms with Gasteiger partial charge in [-0.1, -0.05) is 30.3 Å². The number of thiocarbonyl (C=S) groups is 1. The van der Waals surface area contributed by atoms with Gasteiger partial charge in [-0.15, -0.1) is 0 Å². The van der Waals surface area contributed by atoms with Crippen molar-refractivity contribution in [3.63, 3.8) is 0 Å². The highest BCUT2D eigenvalue weighted by molar-refractivity contribution is 9.10. The topological polar surface area (TPSA) is 59.6 Å². The summed E-state index contributed by atoms with van der Waals surface area (Å²) in [6, 6.07) is 19.0. The maximum Gasteiger partial charge on any atom is 0.264 e. The first-order chi connectivity index (χ1) is 13.6. The van der Waals surface area contributed by atoms with Crippen LogP contribution in [0.5, 0.6) is 11.5 Å². The Hall–Kier alpha value is -2.64. The second kappa shape index (κ2) is 9.52. The third-order valence-corrected chi connectivity index (χ3v) is 4.88. The lowest BCUT2D eigenvalue weighted by molar-refractivity contribution is -0.121. The van der Waals surface area contributed by atoms with Crippen molar-refractivity contribution in [2.45, 2.75) is 6.92 Å². The average Bonchev–Trinajstić information content (AvgIpc) is 2.69. The minimum atomic E-state index is -0.344. The molecule has 7 heteroatoms. The van der Waals surface area contributed by atoms with Crippen molar-refractivity contribution >= 4 is 55.6 Å². The minimum absolute atomic E-state index is 0.151. The predicted octanol–water partition coefficient (Wildman–Crippen LogP) is 4.89. The summed E-state index contributed by atoms with van der Waals surface area (Å²) in [5.41, 5.74) is 0.756. The molecule has 3 rings (SSSR count). The number of benzene rings is 3. The Balaban J connectivity index is 1.52. The summed E-state index contributed by atoms with van der Waals surface area (Å²) in [6.45, 7) is 2.38. The van der Waals surface area contributed by atoms with Crippen molar-refractivity contribution in [1.29, 1.82) is 0 Å². The number of halogens is 1. The van der Waals surface area contributed by atoms with E-state index in [1.54, 1.807) is 0 Å². The van der Waals surface area contributed by atoms with E-state index >= 15 is 0 Å². The normalized spacial score (nSPS) is 10.4. The molecule has 0 heterocycles. The molecule has 0 aromatic heterocycles. The molecular formula is C21H19BrN2O3S. The van der Waals surface area contributed by atoms with Crippen molar-refractivity contribution in [3.8, 4) is 11.5 Å². The van der Waals surface area contributed by atoms with Crippen molar-refractivity contribution in [1.82, 2.24) is 5.32 Å². The van der Waals surface area contributed by atoms with Crippen molar-refractivity contribution < 1.29 is 14.3 Å². The fraction of sp³-hybridized carbons (Fsp3) is 0.143. The molecule has 0 radical (unpaired) electrons. The monoisotopic (exact) mass is 458 g/mol. The van der Waals surface area contributed by atoms with Crippen molar-refractivity contribution in [2.24, 2.45) is 0 Å². The third kappa shape index (κ3) is 5.21. The number of amides is 1. The van der Waals surface area contributed by atoms with Crippen LogP contribution in [0.25, 0.3) is 10.8 Å². The number of carbonyl (C=O) groups is 1. The Morgan fingerprint density at radius 3 is 2.54 bits per heavy atom. The van der Waals surface area contributed by atoms with Crippen LogP contribution in [0.3, 0.4) is 0 Å². The summed E-state index contributed by atoms with van der Waals surface area (Å²) in [6.07, 6.45) is 0. The smallest absolute Gasteiger partial charge is 0.264 e. The Labute approximate surface area is 177 Å². The van der Waals surface area contributed by atoms with Crippen LogP contribution in [0.1, 0.15) is 6.92 Å². The molecule has 144 valence electrons. The highest BCUT2D eigenvalue weighted by Gasteiger charge is 2.10. The zero-order valence-corrected chi connectivity index (χ0v) is 17.6. The molecule has 0 aliphatic heterocycles. The first-order valence-corrected chi connectivity index (χ1v) is 9.90. The van der Waals surface area contributed by atoms with E-state index in [0.29, 0.717) is 12.4 Å². The van der Waals surface area contributed by atoms with Gasteiger partial charge in [0, 0.05) is 5.69 Å². The molecule has 3 aromatic rings. The van der Waals surface area contributed by atoms with Gasteiger partial charge in [0.2, 0.25) is 0 Å². The summed E-state index contributed by atoms with van der Waals surface area (Å²) in [4.78, 5) is 12.1. The van der Waals surface area contributed by atoms with E-state index in [4.69, 9.17) is 21.7 Å². The van der Waals surface area contributed by atoms with Crippen LogP contribution in [-0.4, -0.2) is 24.2 Å². The fourth-order valence-corrected chi connectivity index (χ4v) is 3.43. The molecule has 0 atom stereocenters. The summed E-state index contributed by atoms with van der Waals surface area (Å²) in [7, 11) is 0. The van der Waals surface area contributed by atoms with Crippen LogP contribution in [0.4, 0.5) is 5.69 Å². The summed E-state index contributed by atoms with van der Waals surface area (Å²) in [5.74, 6) is 1.03. The first-order valence-electron chi connectivity index (χ1n) is 8.70. The molecule has 5 nitrogen and oxygen atoms in total. The van der Waals surface area contributed by atoms with E-state index in [2.05, 4.69) is 26.6 Å². The molecule has 0 aliphatic carbocycles. The van der Waals surface area contributed by atoms with E-state index in [1.807, 2.05) is 67.6 Å². The Morgan fingerprint density at radius 1 is 1.04 bits per heavy atom. The molecule has 0 bridgehead atoms. The van der Waals surface area contributed by atoms with Crippen molar-refractivity contribution in [2.75, 3.05) is 18.5 Å². The quantitative estimate of drug-likeness (QED) is 0.514. The van der Waals surface area contributed by atoms with Gasteiger partial charge < -0.3 is 14.8 Å². The molecule has 3 aromatic carbocycles. The Morgan fingerprint density at radius 2 is 1.79 bits per heavy atom. The SMILES string of the molecule is CCOc1ccc(NC(=S)NC(=O)COc2ccc3ccccc3c2Br)cc1. The highest BCUT2D eigenvalue weighted by Crippen LogP contribution is 2.32. The van der Waals surface area contributed by atoms with Gasteiger partial charge in [-0.2, -0.15) is 0 Å². The second-order valence-corrected chi connectivity index (χ2v) is 7.05. The summed E-state index contributed by atoms with van der Waals surface area (Å²) >= 11 is 8.72. The average molecular weight is 459 g/mol. The van der Waals surface area contributed by atoms with Crippen LogP contribution in [0.2, 0.25) is 0 Å². The molecule has 0 fully saturated rings. The van der Waals surface area contributed by atoms with Crippen LogP contribution in [0.15, 0.2) is 65.1 Å². The summed E-state index contributed by atoms with van der Waals surface area (Å²) in [5, 5.41) is 7.88. The largest absolute Gasteiger partial charge is 0.494 e. The van der Waals surface area contributed by atoms with Gasteiger partial charge in [0.1, 0.15) is 11.5 Å². The van der Waals surface area contributed by atoms with E-state index < -0.39 is 0 Å². The molecule has 0 saturated carbocycles. The van der Waals surface area contributed by atoms with Gasteiger partial charge in [0.25, 0.3) is 5.91 Å². The molecule has 28 heavy (non-hydrogen) atoms. The first kappa shape index (κ1) is 20.1. The van der Waals surface area contributed by atoms with E-state index in [1.165, 1.54) is 0 Å². The van der Waals surface area contributed by atoms with Crippen LogP contribution in [-0.2, 0) is 4.79 Å². The number of carbonyl (C=O) groups excluding carboxylic acids is 1. The third-order valence-electron chi connectivity index (χ3n) is 3.86. The van der Waals surface area contributed by atoms with E-state index in [9.17, 15) is 4.79 Å². The Kier molecular flexibility index (Phi) is 6.84. The molecular weight excluding hydrogens is 440 g/mol. The highest BCUT2D eigenvalue weighted by atomic mass is 79.9.